The summed E-state index contributed by atoms with van der Waals surface area (Å²) >= 11 is 5.81. The highest BCUT2D eigenvalue weighted by molar-refractivity contribution is 6.30. The van der Waals surface area contributed by atoms with E-state index in [1.165, 1.54) is 6.07 Å². The molecule has 0 radical (unpaired) electrons. The Hall–Kier alpha value is -1.39. The molecule has 1 aromatic carbocycles. The molecule has 2 rings (SSSR count). The Balaban J connectivity index is 2.17. The second-order valence-corrected chi connectivity index (χ2v) is 5.70. The van der Waals surface area contributed by atoms with Gasteiger partial charge in [-0.3, -0.25) is 0 Å². The van der Waals surface area contributed by atoms with Crippen molar-refractivity contribution in [3.05, 3.63) is 46.5 Å². The molecule has 0 saturated carbocycles. The lowest BCUT2D eigenvalue weighted by atomic mass is 10.2. The van der Waals surface area contributed by atoms with Gasteiger partial charge >= 0.3 is 0 Å². The third-order valence-electron chi connectivity index (χ3n) is 3.13. The molecule has 0 spiro atoms. The lowest BCUT2D eigenvalue weighted by Gasteiger charge is -2.08. The maximum atomic E-state index is 13.2. The minimum atomic E-state index is -0.418. The zero-order chi connectivity index (χ0) is 14.7. The first-order valence-electron chi connectivity index (χ1n) is 6.68. The van der Waals surface area contributed by atoms with Crippen LogP contribution in [0.15, 0.2) is 24.4 Å². The molecule has 1 heterocycles. The van der Waals surface area contributed by atoms with Crippen LogP contribution in [-0.2, 0) is 6.54 Å². The predicted molar refractivity (Wildman–Crippen MR) is 79.8 cm³/mol. The van der Waals surface area contributed by atoms with Crippen molar-refractivity contribution in [1.29, 1.82) is 0 Å². The first kappa shape index (κ1) is 15.0. The molecular weight excluding hydrogens is 277 g/mol. The van der Waals surface area contributed by atoms with Gasteiger partial charge in [-0.25, -0.2) is 9.07 Å². The Morgan fingerprint density at radius 1 is 1.40 bits per heavy atom. The average Bonchev–Trinajstić information content (AvgIpc) is 2.74. The van der Waals surface area contributed by atoms with E-state index >= 15 is 0 Å². The number of halogens is 2. The molecule has 20 heavy (non-hydrogen) atoms. The fraction of sp³-hybridized carbons (Fsp3) is 0.400. The summed E-state index contributed by atoms with van der Waals surface area (Å²) in [5.74, 6) is 0.195. The van der Waals surface area contributed by atoms with Crippen LogP contribution in [0, 0.1) is 18.7 Å². The highest BCUT2D eigenvalue weighted by atomic mass is 35.5. The van der Waals surface area contributed by atoms with Gasteiger partial charge in [0.15, 0.2) is 0 Å². The highest BCUT2D eigenvalue weighted by Crippen LogP contribution is 2.20. The summed E-state index contributed by atoms with van der Waals surface area (Å²) in [6.45, 7) is 8.08. The summed E-state index contributed by atoms with van der Waals surface area (Å²) in [4.78, 5) is 0. The third-order valence-corrected chi connectivity index (χ3v) is 3.42. The van der Waals surface area contributed by atoms with Gasteiger partial charge in [0.2, 0.25) is 0 Å². The van der Waals surface area contributed by atoms with Crippen molar-refractivity contribution in [2.45, 2.75) is 27.3 Å². The first-order chi connectivity index (χ1) is 9.49. The first-order valence-corrected chi connectivity index (χ1v) is 7.06. The Kier molecular flexibility index (Phi) is 4.78. The van der Waals surface area contributed by atoms with Crippen molar-refractivity contribution in [2.24, 2.45) is 5.92 Å². The molecular formula is C15H19ClFN3. The van der Waals surface area contributed by atoms with Crippen LogP contribution < -0.4 is 5.32 Å². The summed E-state index contributed by atoms with van der Waals surface area (Å²) in [5, 5.41) is 7.85. The van der Waals surface area contributed by atoms with Crippen molar-refractivity contribution in [3.8, 4) is 5.69 Å². The van der Waals surface area contributed by atoms with Crippen LogP contribution in [0.3, 0.4) is 0 Å². The number of nitrogens with zero attached hydrogens (tertiary/aromatic N) is 2. The van der Waals surface area contributed by atoms with E-state index in [4.69, 9.17) is 11.6 Å². The molecule has 0 fully saturated rings. The van der Waals surface area contributed by atoms with Crippen molar-refractivity contribution >= 4 is 11.6 Å². The van der Waals surface area contributed by atoms with E-state index in [1.807, 2.05) is 13.1 Å². The zero-order valence-electron chi connectivity index (χ0n) is 12.0. The topological polar surface area (TPSA) is 29.9 Å². The Morgan fingerprint density at radius 3 is 2.80 bits per heavy atom. The molecule has 1 aromatic heterocycles. The molecule has 0 bridgehead atoms. The second kappa shape index (κ2) is 6.37. The fourth-order valence-corrected chi connectivity index (χ4v) is 2.16. The SMILES string of the molecule is Cc1c(CNCC(C)C)cnn1-c1ccc(F)c(Cl)c1. The van der Waals surface area contributed by atoms with E-state index in [9.17, 15) is 4.39 Å². The van der Waals surface area contributed by atoms with Gasteiger partial charge in [0.05, 0.1) is 16.9 Å². The Labute approximate surface area is 123 Å². The molecule has 1 N–H and O–H groups in total. The van der Waals surface area contributed by atoms with Crippen LogP contribution in [0.2, 0.25) is 5.02 Å². The number of rotatable bonds is 5. The summed E-state index contributed by atoms with van der Waals surface area (Å²) in [6.07, 6.45) is 1.83. The van der Waals surface area contributed by atoms with E-state index in [1.54, 1.807) is 16.8 Å². The molecule has 0 aliphatic heterocycles. The molecule has 108 valence electrons. The molecule has 0 aliphatic rings. The lowest BCUT2D eigenvalue weighted by molar-refractivity contribution is 0.551. The average molecular weight is 296 g/mol. The normalized spacial score (nSPS) is 11.3. The minimum absolute atomic E-state index is 0.108. The minimum Gasteiger partial charge on any atom is -0.312 e. The van der Waals surface area contributed by atoms with Gasteiger partial charge in [0.1, 0.15) is 5.82 Å². The van der Waals surface area contributed by atoms with Gasteiger partial charge in [-0.05, 0) is 37.6 Å². The number of aromatic nitrogens is 2. The highest BCUT2D eigenvalue weighted by Gasteiger charge is 2.09. The van der Waals surface area contributed by atoms with Crippen molar-refractivity contribution < 1.29 is 4.39 Å². The fourth-order valence-electron chi connectivity index (χ4n) is 1.99. The predicted octanol–water partition coefficient (Wildman–Crippen LogP) is 3.72. The van der Waals surface area contributed by atoms with Gasteiger partial charge in [-0.15, -0.1) is 0 Å². The monoisotopic (exact) mass is 295 g/mol. The van der Waals surface area contributed by atoms with E-state index < -0.39 is 5.82 Å². The number of benzene rings is 1. The molecule has 0 unspecified atom stereocenters. The number of hydrogen-bond donors (Lipinski definition) is 1. The van der Waals surface area contributed by atoms with Gasteiger partial charge in [0.25, 0.3) is 0 Å². The van der Waals surface area contributed by atoms with Crippen molar-refractivity contribution in [3.63, 3.8) is 0 Å². The molecule has 3 nitrogen and oxygen atoms in total. The molecule has 0 saturated heterocycles. The van der Waals surface area contributed by atoms with Gasteiger partial charge in [-0.1, -0.05) is 25.4 Å². The van der Waals surface area contributed by atoms with Crippen molar-refractivity contribution in [2.75, 3.05) is 6.54 Å². The van der Waals surface area contributed by atoms with Crippen LogP contribution >= 0.6 is 11.6 Å². The molecule has 0 aliphatic carbocycles. The zero-order valence-corrected chi connectivity index (χ0v) is 12.7. The Bertz CT molecular complexity index is 593. The maximum Gasteiger partial charge on any atom is 0.141 e. The summed E-state index contributed by atoms with van der Waals surface area (Å²) in [7, 11) is 0. The maximum absolute atomic E-state index is 13.2. The molecule has 5 heteroatoms. The van der Waals surface area contributed by atoms with E-state index in [-0.39, 0.29) is 5.02 Å². The smallest absolute Gasteiger partial charge is 0.141 e. The van der Waals surface area contributed by atoms with E-state index in [0.29, 0.717) is 5.92 Å². The van der Waals surface area contributed by atoms with Crippen LogP contribution in [0.1, 0.15) is 25.1 Å². The number of hydrogen-bond acceptors (Lipinski definition) is 2. The summed E-state index contributed by atoms with van der Waals surface area (Å²) in [6, 6.07) is 4.62. The van der Waals surface area contributed by atoms with Crippen LogP contribution in [-0.4, -0.2) is 16.3 Å². The van der Waals surface area contributed by atoms with Crippen LogP contribution in [0.5, 0.6) is 0 Å². The Morgan fingerprint density at radius 2 is 2.15 bits per heavy atom. The van der Waals surface area contributed by atoms with Gasteiger partial charge in [-0.2, -0.15) is 5.10 Å². The van der Waals surface area contributed by atoms with Crippen LogP contribution in [0.4, 0.5) is 4.39 Å². The van der Waals surface area contributed by atoms with Gasteiger partial charge in [0, 0.05) is 17.8 Å². The molecule has 0 atom stereocenters. The van der Waals surface area contributed by atoms with Gasteiger partial charge < -0.3 is 5.32 Å². The largest absolute Gasteiger partial charge is 0.312 e. The molecule has 2 aromatic rings. The standard InChI is InChI=1S/C15H19ClFN3/c1-10(2)7-18-8-12-9-19-20(11(12)3)13-4-5-15(17)14(16)6-13/h4-6,9-10,18H,7-8H2,1-3H3. The second-order valence-electron chi connectivity index (χ2n) is 5.29. The summed E-state index contributed by atoms with van der Waals surface area (Å²) in [5.41, 5.74) is 2.93. The number of nitrogens with one attached hydrogen (secondary N) is 1. The quantitative estimate of drug-likeness (QED) is 0.911. The summed E-state index contributed by atoms with van der Waals surface area (Å²) < 4.78 is 15.0. The lowest BCUT2D eigenvalue weighted by Crippen LogP contribution is -2.19. The molecule has 0 amide bonds. The third kappa shape index (κ3) is 3.38. The van der Waals surface area contributed by atoms with Crippen LogP contribution in [0.25, 0.3) is 5.69 Å². The van der Waals surface area contributed by atoms with Crippen molar-refractivity contribution in [1.82, 2.24) is 15.1 Å². The van der Waals surface area contributed by atoms with E-state index in [2.05, 4.69) is 24.3 Å². The van der Waals surface area contributed by atoms with E-state index in [0.717, 1.165) is 30.0 Å².